The van der Waals surface area contributed by atoms with Crippen LogP contribution >= 0.6 is 0 Å². The van der Waals surface area contributed by atoms with Gasteiger partial charge in [0.1, 0.15) is 5.69 Å². The van der Waals surface area contributed by atoms with E-state index >= 15 is 0 Å². The standard InChI is InChI=1S/C17H22N4O3/c22-11-13-10-21(20-19-13)15-9-5-4-8-14(15)18-17(24)16(23)12-6-2-1-3-7-12/h1-3,6-7,10,14-16,22-23H,4-5,8-9,11H2,(H,18,24)/t14-,15+,16-/m0/s1. The fraction of sp³-hybridized carbons (Fsp3) is 0.471. The van der Waals surface area contributed by atoms with Crippen molar-refractivity contribution in [2.24, 2.45) is 0 Å². The third kappa shape index (κ3) is 3.63. The number of rotatable bonds is 5. The molecule has 0 spiro atoms. The minimum Gasteiger partial charge on any atom is -0.390 e. The van der Waals surface area contributed by atoms with E-state index in [2.05, 4.69) is 15.6 Å². The van der Waals surface area contributed by atoms with Gasteiger partial charge in [0.25, 0.3) is 5.91 Å². The van der Waals surface area contributed by atoms with Gasteiger partial charge in [-0.3, -0.25) is 4.79 Å². The summed E-state index contributed by atoms with van der Waals surface area (Å²) in [5, 5.41) is 30.3. The molecule has 3 rings (SSSR count). The van der Waals surface area contributed by atoms with E-state index in [4.69, 9.17) is 5.11 Å². The maximum atomic E-state index is 12.4. The number of hydrogen-bond donors (Lipinski definition) is 3. The molecule has 7 heteroatoms. The summed E-state index contributed by atoms with van der Waals surface area (Å²) in [7, 11) is 0. The van der Waals surface area contributed by atoms with Crippen molar-refractivity contribution in [2.45, 2.75) is 50.5 Å². The number of carbonyl (C=O) groups is 1. The average Bonchev–Trinajstić information content (AvgIpc) is 3.11. The highest BCUT2D eigenvalue weighted by Crippen LogP contribution is 2.28. The Labute approximate surface area is 140 Å². The number of aliphatic hydroxyl groups is 2. The van der Waals surface area contributed by atoms with Crippen LogP contribution in [0.4, 0.5) is 0 Å². The van der Waals surface area contributed by atoms with Crippen molar-refractivity contribution in [1.82, 2.24) is 20.3 Å². The molecule has 0 radical (unpaired) electrons. The van der Waals surface area contributed by atoms with Gasteiger partial charge in [0.2, 0.25) is 0 Å². The first-order valence-electron chi connectivity index (χ1n) is 8.24. The monoisotopic (exact) mass is 330 g/mol. The van der Waals surface area contributed by atoms with E-state index in [0.717, 1.165) is 25.7 Å². The van der Waals surface area contributed by atoms with Crippen molar-refractivity contribution in [1.29, 1.82) is 0 Å². The van der Waals surface area contributed by atoms with E-state index in [-0.39, 0.29) is 18.7 Å². The van der Waals surface area contributed by atoms with Crippen molar-refractivity contribution in [2.75, 3.05) is 0 Å². The fourth-order valence-corrected chi connectivity index (χ4v) is 3.19. The van der Waals surface area contributed by atoms with Gasteiger partial charge in [-0.15, -0.1) is 5.10 Å². The van der Waals surface area contributed by atoms with Crippen LogP contribution in [-0.4, -0.2) is 37.2 Å². The van der Waals surface area contributed by atoms with Crippen LogP contribution in [0, 0.1) is 0 Å². The van der Waals surface area contributed by atoms with Crippen LogP contribution < -0.4 is 5.32 Å². The molecule has 1 fully saturated rings. The van der Waals surface area contributed by atoms with Gasteiger partial charge in [0.05, 0.1) is 24.9 Å². The molecule has 2 aromatic rings. The smallest absolute Gasteiger partial charge is 0.253 e. The minimum absolute atomic E-state index is 0.0153. The molecule has 1 aromatic heterocycles. The predicted molar refractivity (Wildman–Crippen MR) is 86.8 cm³/mol. The summed E-state index contributed by atoms with van der Waals surface area (Å²) in [4.78, 5) is 12.4. The van der Waals surface area contributed by atoms with Crippen LogP contribution in [0.5, 0.6) is 0 Å². The zero-order valence-electron chi connectivity index (χ0n) is 13.4. The number of aliphatic hydroxyl groups excluding tert-OH is 2. The molecule has 1 aromatic carbocycles. The maximum absolute atomic E-state index is 12.4. The second kappa shape index (κ2) is 7.55. The zero-order valence-corrected chi connectivity index (χ0v) is 13.4. The van der Waals surface area contributed by atoms with Gasteiger partial charge in [-0.25, -0.2) is 4.68 Å². The van der Waals surface area contributed by atoms with Crippen molar-refractivity contribution in [3.05, 3.63) is 47.8 Å². The number of carbonyl (C=O) groups excluding carboxylic acids is 1. The summed E-state index contributed by atoms with van der Waals surface area (Å²) in [6.45, 7) is -0.156. The van der Waals surface area contributed by atoms with Gasteiger partial charge >= 0.3 is 0 Å². The highest BCUT2D eigenvalue weighted by molar-refractivity contribution is 5.82. The Morgan fingerprint density at radius 2 is 2.04 bits per heavy atom. The normalized spacial score (nSPS) is 22.1. The Hall–Kier alpha value is -2.25. The number of hydrogen-bond acceptors (Lipinski definition) is 5. The summed E-state index contributed by atoms with van der Waals surface area (Å²) in [6, 6.07) is 8.76. The molecule has 1 heterocycles. The van der Waals surface area contributed by atoms with Crippen LogP contribution in [0.2, 0.25) is 0 Å². The molecular weight excluding hydrogens is 308 g/mol. The number of benzene rings is 1. The fourth-order valence-electron chi connectivity index (χ4n) is 3.19. The topological polar surface area (TPSA) is 100 Å². The number of amides is 1. The number of nitrogens with one attached hydrogen (secondary N) is 1. The van der Waals surface area contributed by atoms with Crippen LogP contribution in [0.15, 0.2) is 36.5 Å². The molecule has 1 saturated carbocycles. The minimum atomic E-state index is -1.18. The lowest BCUT2D eigenvalue weighted by Crippen LogP contribution is -2.45. The van der Waals surface area contributed by atoms with Crippen molar-refractivity contribution < 1.29 is 15.0 Å². The van der Waals surface area contributed by atoms with E-state index in [1.165, 1.54) is 0 Å². The van der Waals surface area contributed by atoms with E-state index < -0.39 is 12.0 Å². The van der Waals surface area contributed by atoms with Crippen LogP contribution in [0.1, 0.15) is 49.1 Å². The number of aromatic nitrogens is 3. The van der Waals surface area contributed by atoms with Crippen LogP contribution in [-0.2, 0) is 11.4 Å². The lowest BCUT2D eigenvalue weighted by atomic mass is 9.90. The summed E-state index contributed by atoms with van der Waals surface area (Å²) >= 11 is 0. The second-order valence-corrected chi connectivity index (χ2v) is 6.13. The largest absolute Gasteiger partial charge is 0.390 e. The molecule has 0 bridgehead atoms. The molecule has 24 heavy (non-hydrogen) atoms. The Morgan fingerprint density at radius 3 is 2.75 bits per heavy atom. The van der Waals surface area contributed by atoms with Gasteiger partial charge < -0.3 is 15.5 Å². The van der Waals surface area contributed by atoms with E-state index in [1.807, 2.05) is 6.07 Å². The molecule has 128 valence electrons. The van der Waals surface area contributed by atoms with Gasteiger partial charge in [-0.2, -0.15) is 0 Å². The molecule has 7 nitrogen and oxygen atoms in total. The Balaban J connectivity index is 1.70. The zero-order chi connectivity index (χ0) is 16.9. The first kappa shape index (κ1) is 16.6. The van der Waals surface area contributed by atoms with Crippen molar-refractivity contribution >= 4 is 5.91 Å². The Kier molecular flexibility index (Phi) is 5.22. The van der Waals surface area contributed by atoms with E-state index in [9.17, 15) is 9.90 Å². The Morgan fingerprint density at radius 1 is 1.29 bits per heavy atom. The third-order valence-electron chi connectivity index (χ3n) is 4.48. The quantitative estimate of drug-likeness (QED) is 0.762. The molecule has 0 saturated heterocycles. The average molecular weight is 330 g/mol. The molecule has 0 aliphatic heterocycles. The van der Waals surface area contributed by atoms with Crippen molar-refractivity contribution in [3.63, 3.8) is 0 Å². The molecule has 3 atom stereocenters. The van der Waals surface area contributed by atoms with Crippen LogP contribution in [0.25, 0.3) is 0 Å². The summed E-state index contributed by atoms with van der Waals surface area (Å²) in [5.74, 6) is -0.402. The molecular formula is C17H22N4O3. The van der Waals surface area contributed by atoms with Gasteiger partial charge in [0, 0.05) is 0 Å². The van der Waals surface area contributed by atoms with Crippen LogP contribution in [0.3, 0.4) is 0 Å². The summed E-state index contributed by atoms with van der Waals surface area (Å²) in [5.41, 5.74) is 1.08. The highest BCUT2D eigenvalue weighted by atomic mass is 16.3. The predicted octanol–water partition coefficient (Wildman–Crippen LogP) is 1.10. The van der Waals surface area contributed by atoms with Gasteiger partial charge in [-0.05, 0) is 18.4 Å². The van der Waals surface area contributed by atoms with Gasteiger partial charge in [0.15, 0.2) is 6.10 Å². The Bertz CT molecular complexity index is 673. The molecule has 1 aliphatic carbocycles. The second-order valence-electron chi connectivity index (χ2n) is 6.13. The number of nitrogens with zero attached hydrogens (tertiary/aromatic N) is 3. The lowest BCUT2D eigenvalue weighted by Gasteiger charge is -2.32. The first-order chi connectivity index (χ1) is 11.7. The molecule has 0 unspecified atom stereocenters. The summed E-state index contributed by atoms with van der Waals surface area (Å²) < 4.78 is 1.71. The highest BCUT2D eigenvalue weighted by Gasteiger charge is 2.30. The summed E-state index contributed by atoms with van der Waals surface area (Å²) in [6.07, 6.45) is 4.30. The first-order valence-corrected chi connectivity index (χ1v) is 8.24. The molecule has 1 aliphatic rings. The molecule has 3 N–H and O–H groups in total. The van der Waals surface area contributed by atoms with E-state index in [1.54, 1.807) is 35.1 Å². The SMILES string of the molecule is O=C(N[C@H]1CCCC[C@H]1n1cc(CO)nn1)[C@@H](O)c1ccccc1. The lowest BCUT2D eigenvalue weighted by molar-refractivity contribution is -0.131. The van der Waals surface area contributed by atoms with E-state index in [0.29, 0.717) is 11.3 Å². The maximum Gasteiger partial charge on any atom is 0.253 e. The molecule has 1 amide bonds. The third-order valence-corrected chi connectivity index (χ3v) is 4.48. The van der Waals surface area contributed by atoms with Crippen molar-refractivity contribution in [3.8, 4) is 0 Å². The van der Waals surface area contributed by atoms with Gasteiger partial charge in [-0.1, -0.05) is 48.4 Å².